The van der Waals surface area contributed by atoms with Gasteiger partial charge in [-0.2, -0.15) is 18.3 Å². The normalized spacial score (nSPS) is 11.4. The number of aromatic nitrogens is 2. The molecule has 2 aromatic rings. The van der Waals surface area contributed by atoms with Gasteiger partial charge in [0, 0.05) is 32.9 Å². The second-order valence-electron chi connectivity index (χ2n) is 5.74. The zero-order valence-corrected chi connectivity index (χ0v) is 14.7. The van der Waals surface area contributed by atoms with E-state index in [0.29, 0.717) is 30.5 Å². The lowest BCUT2D eigenvalue weighted by Crippen LogP contribution is -2.28. The Kier molecular flexibility index (Phi) is 6.21. The third-order valence-corrected chi connectivity index (χ3v) is 3.82. The molecular weight excluding hydrogens is 367 g/mol. The van der Waals surface area contributed by atoms with Gasteiger partial charge in [-0.25, -0.2) is 9.48 Å². The smallest absolute Gasteiger partial charge is 0.434 e. The van der Waals surface area contributed by atoms with Crippen LogP contribution in [0.25, 0.3) is 5.69 Å². The molecule has 0 saturated carbocycles. The number of hydrogen-bond acceptors (Lipinski definition) is 4. The van der Waals surface area contributed by atoms with E-state index in [1.807, 2.05) is 0 Å². The molecule has 1 aromatic heterocycles. The van der Waals surface area contributed by atoms with Crippen LogP contribution < -0.4 is 0 Å². The largest absolute Gasteiger partial charge is 0.478 e. The number of carbonyl (C=O) groups is 2. The second kappa shape index (κ2) is 8.21. The van der Waals surface area contributed by atoms with E-state index in [9.17, 15) is 22.8 Å². The quantitative estimate of drug-likeness (QED) is 0.741. The molecule has 0 unspecified atom stereocenters. The lowest BCUT2D eigenvalue weighted by atomic mass is 10.1. The van der Waals surface area contributed by atoms with E-state index in [1.54, 1.807) is 14.2 Å². The van der Waals surface area contributed by atoms with Crippen LogP contribution in [0, 0.1) is 0 Å². The van der Waals surface area contributed by atoms with Crippen molar-refractivity contribution in [1.82, 2.24) is 14.7 Å². The Balaban J connectivity index is 2.28. The maximum Gasteiger partial charge on any atom is 0.434 e. The molecule has 1 heterocycles. The van der Waals surface area contributed by atoms with E-state index >= 15 is 0 Å². The number of hydrogen-bond donors (Lipinski definition) is 1. The van der Waals surface area contributed by atoms with E-state index in [1.165, 1.54) is 29.2 Å². The standard InChI is InChI=1S/C17H18F3N3O4/c1-22(8-3-9-27-2)15(24)11-4-6-12(7-5-11)23-14(17(18,19)20)13(10-21-23)16(25)26/h4-7,10H,3,8-9H2,1-2H3,(H,25,26). The molecule has 0 fully saturated rings. The number of nitrogens with zero attached hydrogens (tertiary/aromatic N) is 3. The van der Waals surface area contributed by atoms with E-state index in [4.69, 9.17) is 9.84 Å². The molecule has 0 atom stereocenters. The van der Waals surface area contributed by atoms with Crippen LogP contribution in [-0.2, 0) is 10.9 Å². The van der Waals surface area contributed by atoms with Crippen LogP contribution in [-0.4, -0.2) is 59.0 Å². The SMILES string of the molecule is COCCCN(C)C(=O)c1ccc(-n2ncc(C(=O)O)c2C(F)(F)F)cc1. The summed E-state index contributed by atoms with van der Waals surface area (Å²) in [6, 6.07) is 5.30. The first-order valence-electron chi connectivity index (χ1n) is 7.90. The highest BCUT2D eigenvalue weighted by Gasteiger charge is 2.40. The first-order chi connectivity index (χ1) is 12.7. The van der Waals surface area contributed by atoms with Crippen molar-refractivity contribution in [2.75, 3.05) is 27.3 Å². The zero-order chi connectivity index (χ0) is 20.2. The van der Waals surface area contributed by atoms with Gasteiger partial charge in [-0.05, 0) is 30.7 Å². The Morgan fingerprint density at radius 1 is 1.26 bits per heavy atom. The number of methoxy groups -OCH3 is 1. The van der Waals surface area contributed by atoms with Crippen LogP contribution in [0.3, 0.4) is 0 Å². The summed E-state index contributed by atoms with van der Waals surface area (Å²) in [7, 11) is 3.17. The number of ether oxygens (including phenoxy) is 1. The van der Waals surface area contributed by atoms with Crippen molar-refractivity contribution in [3.8, 4) is 5.69 Å². The van der Waals surface area contributed by atoms with Gasteiger partial charge >= 0.3 is 12.1 Å². The Labute approximate surface area is 153 Å². The van der Waals surface area contributed by atoms with Crippen molar-refractivity contribution in [3.05, 3.63) is 47.3 Å². The summed E-state index contributed by atoms with van der Waals surface area (Å²) in [6.45, 7) is 0.968. The van der Waals surface area contributed by atoms with Crippen LogP contribution in [0.2, 0.25) is 0 Å². The monoisotopic (exact) mass is 385 g/mol. The van der Waals surface area contributed by atoms with Gasteiger partial charge in [0.25, 0.3) is 5.91 Å². The fourth-order valence-corrected chi connectivity index (χ4v) is 2.49. The third-order valence-electron chi connectivity index (χ3n) is 3.82. The average molecular weight is 385 g/mol. The molecular formula is C17H18F3N3O4. The number of rotatable bonds is 7. The van der Waals surface area contributed by atoms with Crippen LogP contribution in [0.15, 0.2) is 30.5 Å². The first-order valence-corrected chi connectivity index (χ1v) is 7.90. The van der Waals surface area contributed by atoms with Crippen LogP contribution >= 0.6 is 0 Å². The van der Waals surface area contributed by atoms with Gasteiger partial charge in [-0.3, -0.25) is 4.79 Å². The minimum Gasteiger partial charge on any atom is -0.478 e. The Morgan fingerprint density at radius 3 is 2.41 bits per heavy atom. The van der Waals surface area contributed by atoms with Crippen LogP contribution in [0.4, 0.5) is 13.2 Å². The van der Waals surface area contributed by atoms with Gasteiger partial charge in [-0.1, -0.05) is 0 Å². The fourth-order valence-electron chi connectivity index (χ4n) is 2.49. The molecule has 0 saturated heterocycles. The lowest BCUT2D eigenvalue weighted by Gasteiger charge is -2.17. The van der Waals surface area contributed by atoms with Crippen molar-refractivity contribution >= 4 is 11.9 Å². The lowest BCUT2D eigenvalue weighted by molar-refractivity contribution is -0.143. The predicted molar refractivity (Wildman–Crippen MR) is 89.0 cm³/mol. The highest BCUT2D eigenvalue weighted by Crippen LogP contribution is 2.33. The molecule has 7 nitrogen and oxygen atoms in total. The van der Waals surface area contributed by atoms with Crippen molar-refractivity contribution in [2.45, 2.75) is 12.6 Å². The van der Waals surface area contributed by atoms with Gasteiger partial charge in [-0.15, -0.1) is 0 Å². The van der Waals surface area contributed by atoms with Crippen molar-refractivity contribution in [2.24, 2.45) is 0 Å². The zero-order valence-electron chi connectivity index (χ0n) is 14.7. The molecule has 2 rings (SSSR count). The van der Waals surface area contributed by atoms with Gasteiger partial charge in [0.15, 0.2) is 5.69 Å². The minimum atomic E-state index is -4.90. The summed E-state index contributed by atoms with van der Waals surface area (Å²) in [6.07, 6.45) is -3.61. The fraction of sp³-hybridized carbons (Fsp3) is 0.353. The maximum atomic E-state index is 13.3. The topological polar surface area (TPSA) is 84.7 Å². The van der Waals surface area contributed by atoms with Gasteiger partial charge < -0.3 is 14.7 Å². The summed E-state index contributed by atoms with van der Waals surface area (Å²) in [5, 5.41) is 12.5. The molecule has 0 aliphatic carbocycles. The molecule has 1 N–H and O–H groups in total. The molecule has 0 radical (unpaired) electrons. The van der Waals surface area contributed by atoms with Crippen LogP contribution in [0.1, 0.15) is 32.8 Å². The van der Waals surface area contributed by atoms with E-state index in [0.717, 1.165) is 0 Å². The van der Waals surface area contributed by atoms with Gasteiger partial charge in [0.05, 0.1) is 11.9 Å². The minimum absolute atomic E-state index is 0.00610. The second-order valence-corrected chi connectivity index (χ2v) is 5.74. The molecule has 1 aromatic carbocycles. The number of aromatic carboxylic acids is 1. The molecule has 10 heteroatoms. The summed E-state index contributed by atoms with van der Waals surface area (Å²) >= 11 is 0. The molecule has 27 heavy (non-hydrogen) atoms. The summed E-state index contributed by atoms with van der Waals surface area (Å²) in [5.74, 6) is -2.02. The molecule has 0 bridgehead atoms. The molecule has 0 aliphatic heterocycles. The van der Waals surface area contributed by atoms with E-state index < -0.39 is 23.4 Å². The Bertz CT molecular complexity index is 816. The highest BCUT2D eigenvalue weighted by atomic mass is 19.4. The number of carboxylic acid groups (broad SMARTS) is 1. The molecule has 0 aliphatic rings. The summed E-state index contributed by atoms with van der Waals surface area (Å²) < 4.78 is 45.2. The third kappa shape index (κ3) is 4.64. The van der Waals surface area contributed by atoms with Crippen LogP contribution in [0.5, 0.6) is 0 Å². The molecule has 1 amide bonds. The number of alkyl halides is 3. The number of benzene rings is 1. The summed E-state index contributed by atoms with van der Waals surface area (Å²) in [4.78, 5) is 24.8. The summed E-state index contributed by atoms with van der Waals surface area (Å²) in [5.41, 5.74) is -2.04. The number of amides is 1. The first kappa shape index (κ1) is 20.4. The van der Waals surface area contributed by atoms with E-state index in [-0.39, 0.29) is 17.2 Å². The molecule has 146 valence electrons. The highest BCUT2D eigenvalue weighted by molar-refractivity contribution is 5.94. The Hall–Kier alpha value is -2.88. The van der Waals surface area contributed by atoms with Crippen molar-refractivity contribution < 1.29 is 32.6 Å². The number of carboxylic acids is 1. The van der Waals surface area contributed by atoms with Gasteiger partial charge in [0.1, 0.15) is 5.56 Å². The molecule has 0 spiro atoms. The Morgan fingerprint density at radius 2 is 1.89 bits per heavy atom. The maximum absolute atomic E-state index is 13.3. The van der Waals surface area contributed by atoms with Gasteiger partial charge in [0.2, 0.25) is 0 Å². The van der Waals surface area contributed by atoms with Crippen molar-refractivity contribution in [1.29, 1.82) is 0 Å². The van der Waals surface area contributed by atoms with E-state index in [2.05, 4.69) is 5.10 Å². The number of halogens is 3. The average Bonchev–Trinajstić information content (AvgIpc) is 3.07. The van der Waals surface area contributed by atoms with Crippen molar-refractivity contribution in [3.63, 3.8) is 0 Å². The number of carbonyl (C=O) groups excluding carboxylic acids is 1. The predicted octanol–water partition coefficient (Wildman–Crippen LogP) is 2.70.